The van der Waals surface area contributed by atoms with Gasteiger partial charge in [0.05, 0.1) is 0 Å². The Kier molecular flexibility index (Phi) is 4.37. The van der Waals surface area contributed by atoms with Crippen LogP contribution >= 0.6 is 0 Å². The van der Waals surface area contributed by atoms with Crippen LogP contribution in [0.5, 0.6) is 0 Å². The average molecular weight is 308 g/mol. The fraction of sp³-hybridized carbons (Fsp3) is 0.350. The molecule has 3 rings (SSSR count). The summed E-state index contributed by atoms with van der Waals surface area (Å²) in [6, 6.07) is 14.3. The highest BCUT2D eigenvalue weighted by Crippen LogP contribution is 2.24. The third-order valence-electron chi connectivity index (χ3n) is 4.78. The molecule has 1 heterocycles. The molecule has 0 bridgehead atoms. The molecule has 0 unspecified atom stereocenters. The van der Waals surface area contributed by atoms with Crippen molar-refractivity contribution in [2.45, 2.75) is 20.8 Å². The van der Waals surface area contributed by atoms with Crippen molar-refractivity contribution >= 4 is 11.6 Å². The number of benzene rings is 2. The van der Waals surface area contributed by atoms with Crippen LogP contribution in [0, 0.1) is 20.8 Å². The number of hydrogen-bond donors (Lipinski definition) is 0. The van der Waals surface area contributed by atoms with Crippen molar-refractivity contribution < 1.29 is 4.79 Å². The van der Waals surface area contributed by atoms with Gasteiger partial charge in [-0.05, 0) is 50.1 Å². The molecule has 2 aromatic rings. The monoisotopic (exact) mass is 308 g/mol. The Balaban J connectivity index is 1.67. The van der Waals surface area contributed by atoms with Crippen molar-refractivity contribution in [1.29, 1.82) is 0 Å². The molecule has 2 aromatic carbocycles. The van der Waals surface area contributed by atoms with Gasteiger partial charge in [0.15, 0.2) is 0 Å². The SMILES string of the molecule is Cc1ccc(C(=O)N2CCN(c3cccc(C)c3C)CC2)cc1. The van der Waals surface area contributed by atoms with Crippen molar-refractivity contribution in [3.8, 4) is 0 Å². The Morgan fingerprint density at radius 1 is 0.870 bits per heavy atom. The zero-order valence-electron chi connectivity index (χ0n) is 14.2. The third-order valence-corrected chi connectivity index (χ3v) is 4.78. The topological polar surface area (TPSA) is 23.6 Å². The van der Waals surface area contributed by atoms with E-state index in [0.29, 0.717) is 0 Å². The molecular weight excluding hydrogens is 284 g/mol. The van der Waals surface area contributed by atoms with E-state index in [1.165, 1.54) is 22.4 Å². The minimum absolute atomic E-state index is 0.144. The molecule has 0 radical (unpaired) electrons. The second kappa shape index (κ2) is 6.45. The first kappa shape index (κ1) is 15.6. The average Bonchev–Trinajstić information content (AvgIpc) is 2.58. The van der Waals surface area contributed by atoms with Crippen molar-refractivity contribution in [3.63, 3.8) is 0 Å². The summed E-state index contributed by atoms with van der Waals surface area (Å²) >= 11 is 0. The van der Waals surface area contributed by atoms with Crippen LogP contribution in [0.25, 0.3) is 0 Å². The van der Waals surface area contributed by atoms with E-state index in [0.717, 1.165) is 31.7 Å². The zero-order valence-corrected chi connectivity index (χ0v) is 14.2. The Labute approximate surface area is 138 Å². The largest absolute Gasteiger partial charge is 0.368 e. The van der Waals surface area contributed by atoms with Crippen LogP contribution in [0.1, 0.15) is 27.0 Å². The van der Waals surface area contributed by atoms with E-state index < -0.39 is 0 Å². The quantitative estimate of drug-likeness (QED) is 0.846. The summed E-state index contributed by atoms with van der Waals surface area (Å²) in [5, 5.41) is 0. The van der Waals surface area contributed by atoms with Crippen LogP contribution in [-0.4, -0.2) is 37.0 Å². The van der Waals surface area contributed by atoms with Crippen LogP contribution in [0.2, 0.25) is 0 Å². The molecule has 3 heteroatoms. The molecule has 0 atom stereocenters. The molecule has 1 aliphatic rings. The van der Waals surface area contributed by atoms with Gasteiger partial charge >= 0.3 is 0 Å². The summed E-state index contributed by atoms with van der Waals surface area (Å²) in [6.07, 6.45) is 0. The van der Waals surface area contributed by atoms with Gasteiger partial charge < -0.3 is 9.80 Å². The maximum atomic E-state index is 12.6. The summed E-state index contributed by atoms with van der Waals surface area (Å²) in [5.74, 6) is 0.144. The number of carbonyl (C=O) groups is 1. The molecule has 1 aliphatic heterocycles. The van der Waals surface area contributed by atoms with Crippen LogP contribution < -0.4 is 4.90 Å². The lowest BCUT2D eigenvalue weighted by Crippen LogP contribution is -2.49. The molecule has 1 fully saturated rings. The Hall–Kier alpha value is -2.29. The number of hydrogen-bond acceptors (Lipinski definition) is 2. The molecule has 0 spiro atoms. The van der Waals surface area contributed by atoms with Crippen LogP contribution in [0.15, 0.2) is 42.5 Å². The van der Waals surface area contributed by atoms with E-state index in [9.17, 15) is 4.79 Å². The maximum absolute atomic E-state index is 12.6. The normalized spacial score (nSPS) is 14.9. The molecule has 120 valence electrons. The van der Waals surface area contributed by atoms with E-state index >= 15 is 0 Å². The highest BCUT2D eigenvalue weighted by Gasteiger charge is 2.23. The highest BCUT2D eigenvalue weighted by molar-refractivity contribution is 5.94. The minimum atomic E-state index is 0.144. The van der Waals surface area contributed by atoms with Crippen LogP contribution in [0.3, 0.4) is 0 Å². The van der Waals surface area contributed by atoms with Gasteiger partial charge in [-0.1, -0.05) is 29.8 Å². The van der Waals surface area contributed by atoms with Crippen LogP contribution in [-0.2, 0) is 0 Å². The van der Waals surface area contributed by atoms with Gasteiger partial charge in [0.2, 0.25) is 0 Å². The highest BCUT2D eigenvalue weighted by atomic mass is 16.2. The lowest BCUT2D eigenvalue weighted by molar-refractivity contribution is 0.0747. The summed E-state index contributed by atoms with van der Waals surface area (Å²) in [4.78, 5) is 16.9. The summed E-state index contributed by atoms with van der Waals surface area (Å²) in [6.45, 7) is 9.70. The summed E-state index contributed by atoms with van der Waals surface area (Å²) in [7, 11) is 0. The smallest absolute Gasteiger partial charge is 0.253 e. The van der Waals surface area contributed by atoms with Gasteiger partial charge in [0.25, 0.3) is 5.91 Å². The molecule has 0 aliphatic carbocycles. The first-order valence-corrected chi connectivity index (χ1v) is 8.23. The first-order valence-electron chi connectivity index (χ1n) is 8.23. The van der Waals surface area contributed by atoms with Gasteiger partial charge in [-0.25, -0.2) is 0 Å². The Morgan fingerprint density at radius 3 is 2.17 bits per heavy atom. The number of amides is 1. The molecule has 0 N–H and O–H groups in total. The lowest BCUT2D eigenvalue weighted by Gasteiger charge is -2.37. The lowest BCUT2D eigenvalue weighted by atomic mass is 10.1. The van der Waals surface area contributed by atoms with E-state index in [2.05, 4.69) is 36.9 Å². The standard InChI is InChI=1S/C20H24N2O/c1-15-7-9-18(10-8-15)20(23)22-13-11-21(12-14-22)19-6-4-5-16(2)17(19)3/h4-10H,11-14H2,1-3H3. The van der Waals surface area contributed by atoms with Gasteiger partial charge in [0, 0.05) is 37.4 Å². The fourth-order valence-electron chi connectivity index (χ4n) is 3.11. The molecule has 1 saturated heterocycles. The Morgan fingerprint density at radius 2 is 1.52 bits per heavy atom. The minimum Gasteiger partial charge on any atom is -0.368 e. The van der Waals surface area contributed by atoms with Gasteiger partial charge in [-0.2, -0.15) is 0 Å². The van der Waals surface area contributed by atoms with Gasteiger partial charge in [-0.3, -0.25) is 4.79 Å². The number of aryl methyl sites for hydroxylation is 2. The first-order chi connectivity index (χ1) is 11.1. The van der Waals surface area contributed by atoms with Crippen molar-refractivity contribution in [1.82, 2.24) is 4.90 Å². The number of piperazine rings is 1. The maximum Gasteiger partial charge on any atom is 0.253 e. The van der Waals surface area contributed by atoms with Crippen molar-refractivity contribution in [3.05, 3.63) is 64.7 Å². The molecule has 1 amide bonds. The second-order valence-corrected chi connectivity index (χ2v) is 6.36. The van der Waals surface area contributed by atoms with Gasteiger partial charge in [0.1, 0.15) is 0 Å². The third kappa shape index (κ3) is 3.24. The predicted octanol–water partition coefficient (Wildman–Crippen LogP) is 3.57. The number of carbonyl (C=O) groups excluding carboxylic acids is 1. The predicted molar refractivity (Wildman–Crippen MR) is 95.2 cm³/mol. The van der Waals surface area contributed by atoms with E-state index in [1.54, 1.807) is 0 Å². The zero-order chi connectivity index (χ0) is 16.4. The molecule has 3 nitrogen and oxygen atoms in total. The number of anilines is 1. The fourth-order valence-corrected chi connectivity index (χ4v) is 3.11. The molecular formula is C20H24N2O. The molecule has 0 aromatic heterocycles. The van der Waals surface area contributed by atoms with Crippen molar-refractivity contribution in [2.24, 2.45) is 0 Å². The molecule has 23 heavy (non-hydrogen) atoms. The second-order valence-electron chi connectivity index (χ2n) is 6.36. The van der Waals surface area contributed by atoms with E-state index in [-0.39, 0.29) is 5.91 Å². The summed E-state index contributed by atoms with van der Waals surface area (Å²) in [5.41, 5.74) is 5.93. The van der Waals surface area contributed by atoms with Crippen molar-refractivity contribution in [2.75, 3.05) is 31.1 Å². The number of rotatable bonds is 2. The van der Waals surface area contributed by atoms with E-state index in [4.69, 9.17) is 0 Å². The molecule has 0 saturated carbocycles. The number of nitrogens with zero attached hydrogens (tertiary/aromatic N) is 2. The summed E-state index contributed by atoms with van der Waals surface area (Å²) < 4.78 is 0. The van der Waals surface area contributed by atoms with E-state index in [1.807, 2.05) is 36.1 Å². The Bertz CT molecular complexity index is 698. The van der Waals surface area contributed by atoms with Crippen LogP contribution in [0.4, 0.5) is 5.69 Å². The van der Waals surface area contributed by atoms with Gasteiger partial charge in [-0.15, -0.1) is 0 Å².